The van der Waals surface area contributed by atoms with E-state index in [1.54, 1.807) is 13.1 Å². The number of nitrogens with zero attached hydrogens (tertiary/aromatic N) is 4. The van der Waals surface area contributed by atoms with Gasteiger partial charge in [0.25, 0.3) is 5.91 Å². The molecular weight excluding hydrogens is 557 g/mol. The number of hydrogen-bond acceptors (Lipinski definition) is 6. The van der Waals surface area contributed by atoms with Crippen molar-refractivity contribution in [3.05, 3.63) is 124 Å². The molecule has 4 rings (SSSR count). The number of aromatic nitrogens is 1. The number of carbonyl (C=O) groups excluding carboxylic acids is 1. The van der Waals surface area contributed by atoms with Crippen molar-refractivity contribution in [1.82, 2.24) is 15.2 Å². The molecule has 2 heterocycles. The molecule has 224 valence electrons. The van der Waals surface area contributed by atoms with E-state index < -0.39 is 0 Å². The molecule has 1 saturated heterocycles. The lowest BCUT2D eigenvalue weighted by atomic mass is 9.91. The minimum Gasteiger partial charge on any atom is -0.384 e. The van der Waals surface area contributed by atoms with E-state index >= 15 is 0 Å². The summed E-state index contributed by atoms with van der Waals surface area (Å²) in [7, 11) is 0. The SMILES string of the molecule is CCN=C/C(SF)=C(C)/N=C(/C=C(\C)NCc1cccnc1)C1CCCN(C(=O)c2ccc(Cc3ccccc3)cc2)C1. The molecule has 1 amide bonds. The highest BCUT2D eigenvalue weighted by Gasteiger charge is 2.27. The number of halogens is 1. The Balaban J connectivity index is 1.53. The second-order valence-corrected chi connectivity index (χ2v) is 11.3. The monoisotopic (exact) mass is 597 g/mol. The quantitative estimate of drug-likeness (QED) is 0.218. The van der Waals surface area contributed by atoms with Gasteiger partial charge in [-0.15, -0.1) is 0 Å². The second kappa shape index (κ2) is 16.6. The molecule has 0 bridgehead atoms. The summed E-state index contributed by atoms with van der Waals surface area (Å²) in [6.07, 6.45) is 9.73. The van der Waals surface area contributed by atoms with Gasteiger partial charge in [-0.2, -0.15) is 3.89 Å². The number of aliphatic imine (C=N–C) groups is 2. The fourth-order valence-electron chi connectivity index (χ4n) is 5.03. The lowest BCUT2D eigenvalue weighted by molar-refractivity contribution is 0.0703. The van der Waals surface area contributed by atoms with Crippen molar-refractivity contribution < 1.29 is 8.68 Å². The summed E-state index contributed by atoms with van der Waals surface area (Å²) in [6, 6.07) is 22.2. The summed E-state index contributed by atoms with van der Waals surface area (Å²) < 4.78 is 13.8. The van der Waals surface area contributed by atoms with E-state index in [4.69, 9.17) is 4.99 Å². The van der Waals surface area contributed by atoms with Crippen molar-refractivity contribution in [2.45, 2.75) is 46.6 Å². The molecular formula is C35H40FN5OS. The maximum absolute atomic E-state index is 13.8. The third-order valence-electron chi connectivity index (χ3n) is 7.37. The molecule has 3 aromatic rings. The first-order chi connectivity index (χ1) is 21.0. The molecule has 0 saturated carbocycles. The van der Waals surface area contributed by atoms with E-state index in [1.165, 1.54) is 17.3 Å². The average Bonchev–Trinajstić information content (AvgIpc) is 3.05. The lowest BCUT2D eigenvalue weighted by Crippen LogP contribution is -2.42. The number of hydrogen-bond donors (Lipinski definition) is 1. The maximum Gasteiger partial charge on any atom is 0.253 e. The molecule has 0 radical (unpaired) electrons. The smallest absolute Gasteiger partial charge is 0.253 e. The van der Waals surface area contributed by atoms with Crippen LogP contribution in [0.25, 0.3) is 0 Å². The first-order valence-electron chi connectivity index (χ1n) is 14.8. The summed E-state index contributed by atoms with van der Waals surface area (Å²) in [6.45, 7) is 8.14. The first-order valence-corrected chi connectivity index (χ1v) is 15.5. The van der Waals surface area contributed by atoms with Gasteiger partial charge >= 0.3 is 0 Å². The fourth-order valence-corrected chi connectivity index (χ4v) is 5.30. The molecule has 43 heavy (non-hydrogen) atoms. The van der Waals surface area contributed by atoms with Crippen molar-refractivity contribution in [3.63, 3.8) is 0 Å². The molecule has 1 aromatic heterocycles. The van der Waals surface area contributed by atoms with Crippen LogP contribution in [0.5, 0.6) is 0 Å². The Labute approximate surface area is 259 Å². The van der Waals surface area contributed by atoms with Gasteiger partial charge in [0.05, 0.1) is 22.8 Å². The van der Waals surface area contributed by atoms with Crippen LogP contribution in [0.4, 0.5) is 3.89 Å². The molecule has 1 atom stereocenters. The number of amides is 1. The number of nitrogens with one attached hydrogen (secondary N) is 1. The molecule has 1 unspecified atom stereocenters. The Morgan fingerprint density at radius 2 is 1.81 bits per heavy atom. The van der Waals surface area contributed by atoms with Gasteiger partial charge in [0, 0.05) is 67.7 Å². The number of piperidine rings is 1. The van der Waals surface area contributed by atoms with Gasteiger partial charge < -0.3 is 10.2 Å². The molecule has 1 aliphatic heterocycles. The zero-order valence-electron chi connectivity index (χ0n) is 25.2. The van der Waals surface area contributed by atoms with Crippen molar-refractivity contribution in [3.8, 4) is 0 Å². The van der Waals surface area contributed by atoms with Gasteiger partial charge in [0.15, 0.2) is 0 Å². The summed E-state index contributed by atoms with van der Waals surface area (Å²) in [4.78, 5) is 29.2. The zero-order chi connectivity index (χ0) is 30.4. The minimum absolute atomic E-state index is 0.00845. The molecule has 0 aliphatic carbocycles. The van der Waals surface area contributed by atoms with Gasteiger partial charge in [-0.05, 0) is 81.0 Å². The van der Waals surface area contributed by atoms with Crippen LogP contribution in [-0.2, 0) is 13.0 Å². The number of carbonyl (C=O) groups is 1. The van der Waals surface area contributed by atoms with E-state index in [0.717, 1.165) is 36.2 Å². The van der Waals surface area contributed by atoms with Crippen LogP contribution in [-0.4, -0.2) is 47.4 Å². The van der Waals surface area contributed by atoms with E-state index in [0.29, 0.717) is 42.3 Å². The summed E-state index contributed by atoms with van der Waals surface area (Å²) >= 11 is 0.153. The van der Waals surface area contributed by atoms with Crippen LogP contribution in [0.3, 0.4) is 0 Å². The third-order valence-corrected chi connectivity index (χ3v) is 7.93. The van der Waals surface area contributed by atoms with E-state index in [-0.39, 0.29) is 24.0 Å². The molecule has 2 aromatic carbocycles. The molecule has 1 aliphatic rings. The van der Waals surface area contributed by atoms with Crippen LogP contribution < -0.4 is 5.32 Å². The Morgan fingerprint density at radius 3 is 2.51 bits per heavy atom. The summed E-state index contributed by atoms with van der Waals surface area (Å²) in [5.74, 6) is 0.0298. The Kier molecular flexibility index (Phi) is 12.3. The second-order valence-electron chi connectivity index (χ2n) is 10.7. The topological polar surface area (TPSA) is 70.0 Å². The van der Waals surface area contributed by atoms with Gasteiger partial charge in [0.1, 0.15) is 0 Å². The van der Waals surface area contributed by atoms with Gasteiger partial charge in [0.2, 0.25) is 0 Å². The molecule has 0 spiro atoms. The van der Waals surface area contributed by atoms with Gasteiger partial charge in [-0.1, -0.05) is 48.5 Å². The van der Waals surface area contributed by atoms with Gasteiger partial charge in [-0.25, -0.2) is 0 Å². The van der Waals surface area contributed by atoms with Crippen LogP contribution in [0.2, 0.25) is 0 Å². The van der Waals surface area contributed by atoms with Crippen molar-refractivity contribution in [2.24, 2.45) is 15.9 Å². The molecule has 8 heteroatoms. The van der Waals surface area contributed by atoms with Crippen LogP contribution in [0, 0.1) is 5.92 Å². The highest BCUT2D eigenvalue weighted by molar-refractivity contribution is 7.99. The van der Waals surface area contributed by atoms with Crippen molar-refractivity contribution in [1.29, 1.82) is 0 Å². The number of pyridine rings is 1. The first kappa shape index (κ1) is 31.9. The normalized spacial score (nSPS) is 16.7. The van der Waals surface area contributed by atoms with Crippen LogP contribution >= 0.6 is 12.1 Å². The Morgan fingerprint density at radius 1 is 1.07 bits per heavy atom. The molecule has 6 nitrogen and oxygen atoms in total. The zero-order valence-corrected chi connectivity index (χ0v) is 26.0. The fraction of sp³-hybridized carbons (Fsp3) is 0.314. The maximum atomic E-state index is 13.8. The van der Waals surface area contributed by atoms with Crippen LogP contribution in [0.1, 0.15) is 60.7 Å². The van der Waals surface area contributed by atoms with E-state index in [1.807, 2.05) is 85.6 Å². The predicted octanol–water partition coefficient (Wildman–Crippen LogP) is 7.60. The predicted molar refractivity (Wildman–Crippen MR) is 177 cm³/mol. The largest absolute Gasteiger partial charge is 0.384 e. The average molecular weight is 598 g/mol. The van der Waals surface area contributed by atoms with Crippen LogP contribution in [0.15, 0.2) is 111 Å². The summed E-state index contributed by atoms with van der Waals surface area (Å²) in [5.41, 5.74) is 6.48. The highest BCUT2D eigenvalue weighted by Crippen LogP contribution is 2.25. The van der Waals surface area contributed by atoms with Crippen molar-refractivity contribution >= 4 is 30.0 Å². The lowest BCUT2D eigenvalue weighted by Gasteiger charge is -2.33. The number of likely N-dealkylation sites (tertiary alicyclic amines) is 1. The van der Waals surface area contributed by atoms with E-state index in [2.05, 4.69) is 27.4 Å². The number of allylic oxidation sites excluding steroid dienone is 4. The van der Waals surface area contributed by atoms with E-state index in [9.17, 15) is 8.68 Å². The number of rotatable bonds is 12. The summed E-state index contributed by atoms with van der Waals surface area (Å²) in [5, 5.41) is 3.44. The van der Waals surface area contributed by atoms with Gasteiger partial charge in [-0.3, -0.25) is 19.8 Å². The third kappa shape index (κ3) is 9.75. The Bertz CT molecular complexity index is 1450. The highest BCUT2D eigenvalue weighted by atomic mass is 32.2. The minimum atomic E-state index is 0.00845. The standard InChI is InChI=1S/C35H40FN5OS/c1-4-37-24-34(43-36)27(3)40-33(20-26(2)39-23-30-12-8-18-38-22-30)32-13-9-19-41(25-32)35(42)31-16-14-29(15-17-31)21-28-10-6-5-7-11-28/h5-8,10-12,14-18,20,22,24,32,39H,4,9,13,19,21,23,25H2,1-3H3/b26-20+,34-27-,37-24?,40-33-. The number of benzene rings is 2. The molecule has 1 fully saturated rings. The Hall–Kier alpha value is -4.04. The molecule has 1 N–H and O–H groups in total. The van der Waals surface area contributed by atoms with Crippen molar-refractivity contribution in [2.75, 3.05) is 19.6 Å².